The van der Waals surface area contributed by atoms with Crippen molar-refractivity contribution in [3.05, 3.63) is 152 Å². The van der Waals surface area contributed by atoms with Crippen LogP contribution in [0.3, 0.4) is 0 Å². The lowest BCUT2D eigenvalue weighted by Gasteiger charge is -2.37. The van der Waals surface area contributed by atoms with Gasteiger partial charge < -0.3 is 28.4 Å². The summed E-state index contributed by atoms with van der Waals surface area (Å²) in [6, 6.07) is 41.0. The Kier molecular flexibility index (Phi) is 19.8. The van der Waals surface area contributed by atoms with E-state index in [2.05, 4.69) is 88.4 Å². The summed E-state index contributed by atoms with van der Waals surface area (Å²) in [6.07, 6.45) is 21.3. The molecule has 0 aliphatic carbocycles. The van der Waals surface area contributed by atoms with E-state index in [1.165, 1.54) is 0 Å². The van der Waals surface area contributed by atoms with Crippen LogP contribution in [0.25, 0.3) is 22.9 Å². The van der Waals surface area contributed by atoms with E-state index in [4.69, 9.17) is 28.4 Å². The van der Waals surface area contributed by atoms with Crippen LogP contribution in [0.15, 0.2) is 97.1 Å². The van der Waals surface area contributed by atoms with E-state index in [-0.39, 0.29) is 13.2 Å². The fraction of sp³-hybridized carbons (Fsp3) is 0.412. The summed E-state index contributed by atoms with van der Waals surface area (Å²) in [5.74, 6) is 3.56. The van der Waals surface area contributed by atoms with Crippen molar-refractivity contribution in [1.82, 2.24) is 0 Å². The largest absolute Gasteiger partial charge is 0.492 e. The molecule has 0 radical (unpaired) electrons. The molecule has 0 N–H and O–H groups in total. The minimum atomic E-state index is -0.912. The van der Waals surface area contributed by atoms with Crippen molar-refractivity contribution in [2.24, 2.45) is 0 Å². The molecule has 10 heteroatoms. The van der Waals surface area contributed by atoms with Crippen LogP contribution in [0.2, 0.25) is 0 Å². The molecule has 2 aliphatic rings. The molecule has 0 saturated heterocycles. The third-order valence-electron chi connectivity index (χ3n) is 15.3. The molecule has 8 rings (SSSR count). The van der Waals surface area contributed by atoms with Crippen molar-refractivity contribution < 1.29 is 28.4 Å². The molecular formula is C68H74N4O6. The van der Waals surface area contributed by atoms with E-state index in [1.807, 2.05) is 72.8 Å². The molecule has 6 aromatic rings. The third kappa shape index (κ3) is 12.6. The van der Waals surface area contributed by atoms with Crippen LogP contribution >= 0.6 is 0 Å². The molecule has 0 spiro atoms. The Balaban J connectivity index is 1.23. The fourth-order valence-corrected chi connectivity index (χ4v) is 10.8. The number of unbranched alkanes of at least 4 members (excludes halogenated alkanes) is 12. The number of fused-ring (bicyclic) bond motifs is 5. The average Bonchev–Trinajstić information content (AvgIpc) is 3.66. The molecule has 402 valence electrons. The maximum absolute atomic E-state index is 10.5. The highest BCUT2D eigenvalue weighted by molar-refractivity contribution is 5.95. The molecular weight excluding hydrogens is 969 g/mol. The highest BCUT2D eigenvalue weighted by Crippen LogP contribution is 2.45. The van der Waals surface area contributed by atoms with Crippen LogP contribution < -0.4 is 38.9 Å². The molecule has 0 unspecified atom stereocenters. The Morgan fingerprint density at radius 3 is 0.910 bits per heavy atom. The predicted molar refractivity (Wildman–Crippen MR) is 308 cm³/mol. The molecule has 0 bridgehead atoms. The number of ether oxygens (including phenoxy) is 6. The zero-order valence-electron chi connectivity index (χ0n) is 46.2. The first-order valence-corrected chi connectivity index (χ1v) is 28.6. The van der Waals surface area contributed by atoms with Crippen molar-refractivity contribution >= 4 is 22.9 Å². The van der Waals surface area contributed by atoms with Gasteiger partial charge in [0.25, 0.3) is 0 Å². The molecule has 2 heterocycles. The van der Waals surface area contributed by atoms with Crippen LogP contribution in [0, 0.1) is 45.3 Å². The zero-order chi connectivity index (χ0) is 54.7. The van der Waals surface area contributed by atoms with E-state index >= 15 is 0 Å². The van der Waals surface area contributed by atoms with Gasteiger partial charge in [-0.2, -0.15) is 21.0 Å². The van der Waals surface area contributed by atoms with Crippen molar-refractivity contribution in [3.63, 3.8) is 0 Å². The minimum Gasteiger partial charge on any atom is -0.492 e. The van der Waals surface area contributed by atoms with E-state index in [0.29, 0.717) is 83.2 Å². The second-order valence-corrected chi connectivity index (χ2v) is 20.8. The smallest absolute Gasteiger partial charge is 0.137 e. The Labute approximate surface area is 462 Å². The van der Waals surface area contributed by atoms with E-state index in [9.17, 15) is 21.0 Å². The number of nitrogens with zero attached hydrogens (tertiary/aromatic N) is 4. The zero-order valence-corrected chi connectivity index (χ0v) is 46.2. The number of hydrogen-bond donors (Lipinski definition) is 0. The average molecular weight is 1040 g/mol. The Morgan fingerprint density at radius 1 is 0.372 bits per heavy atom. The first kappa shape index (κ1) is 56.3. The second-order valence-electron chi connectivity index (χ2n) is 20.8. The monoisotopic (exact) mass is 1040 g/mol. The Bertz CT molecular complexity index is 2980. The van der Waals surface area contributed by atoms with Gasteiger partial charge in [-0.3, -0.25) is 0 Å². The lowest BCUT2D eigenvalue weighted by Crippen LogP contribution is -2.39. The molecule has 6 aromatic carbocycles. The highest BCUT2D eigenvalue weighted by atomic mass is 16.5. The molecule has 0 aromatic heterocycles. The normalized spacial score (nSPS) is 13.6. The van der Waals surface area contributed by atoms with Crippen LogP contribution in [0.4, 0.5) is 0 Å². The molecule has 0 atom stereocenters. The van der Waals surface area contributed by atoms with Crippen molar-refractivity contribution in [1.29, 1.82) is 21.0 Å². The quantitative estimate of drug-likeness (QED) is 0.0434. The van der Waals surface area contributed by atoms with Crippen molar-refractivity contribution in [2.45, 2.75) is 141 Å². The lowest BCUT2D eigenvalue weighted by molar-refractivity contribution is 0.265. The molecule has 0 fully saturated rings. The first-order valence-electron chi connectivity index (χ1n) is 28.6. The Hall–Kier alpha value is -7.92. The van der Waals surface area contributed by atoms with Crippen LogP contribution in [-0.4, -0.2) is 39.6 Å². The van der Waals surface area contributed by atoms with Crippen molar-refractivity contribution in [3.8, 4) is 58.8 Å². The Morgan fingerprint density at radius 2 is 0.654 bits per heavy atom. The molecule has 2 aliphatic heterocycles. The standard InChI is InChI=1S/C68H74N4O6/c1-5-9-13-17-33-73-61-29-23-55(37-51(61)43-69)67(56-24-30-62(52(38-56)44-70)74-34-18-14-10-6-2)41-49-21-27-60-59(65(49)77-47-67)28-22-50-42-68(48-78-66(50)60,57-25-31-63(53(39-57)45-71)75-35-19-15-11-7-3)58-26-32-64(54(40-58)46-72)76-36-20-16-12-8-4/h21-32,37-42H,5-20,33-36,47-48H2,1-4H3. The fourth-order valence-electron chi connectivity index (χ4n) is 10.8. The van der Waals surface area contributed by atoms with Gasteiger partial charge in [-0.25, -0.2) is 0 Å². The van der Waals surface area contributed by atoms with Crippen molar-refractivity contribution in [2.75, 3.05) is 39.6 Å². The van der Waals surface area contributed by atoms with E-state index in [0.717, 1.165) is 146 Å². The maximum atomic E-state index is 10.5. The minimum absolute atomic E-state index is 0.176. The topological polar surface area (TPSA) is 151 Å². The summed E-state index contributed by atoms with van der Waals surface area (Å²) in [7, 11) is 0. The number of rotatable bonds is 28. The van der Waals surface area contributed by atoms with Crippen LogP contribution in [0.5, 0.6) is 34.5 Å². The number of nitriles is 4. The van der Waals surface area contributed by atoms with Gasteiger partial charge in [0.1, 0.15) is 72.0 Å². The summed E-state index contributed by atoms with van der Waals surface area (Å²) in [5.41, 5.74) is 3.22. The predicted octanol–water partition coefficient (Wildman–Crippen LogP) is 14.5. The summed E-state index contributed by atoms with van der Waals surface area (Å²) in [4.78, 5) is 0. The first-order chi connectivity index (χ1) is 38.3. The van der Waals surface area contributed by atoms with Crippen LogP contribution in [0.1, 0.15) is 175 Å². The van der Waals surface area contributed by atoms with Gasteiger partial charge in [0.15, 0.2) is 0 Å². The van der Waals surface area contributed by atoms with Gasteiger partial charge in [0.2, 0.25) is 0 Å². The molecule has 0 saturated carbocycles. The van der Waals surface area contributed by atoms with Gasteiger partial charge in [0, 0.05) is 21.2 Å². The van der Waals surface area contributed by atoms with Gasteiger partial charge in [-0.1, -0.05) is 153 Å². The molecule has 78 heavy (non-hydrogen) atoms. The van der Waals surface area contributed by atoms with Gasteiger partial charge in [0.05, 0.1) is 59.5 Å². The van der Waals surface area contributed by atoms with Gasteiger partial charge in [-0.05, 0) is 109 Å². The van der Waals surface area contributed by atoms with E-state index < -0.39 is 10.8 Å². The summed E-state index contributed by atoms with van der Waals surface area (Å²) < 4.78 is 38.7. The van der Waals surface area contributed by atoms with E-state index in [1.54, 1.807) is 0 Å². The SMILES string of the molecule is CCCCCCOc1ccc(C2(c3ccc(OCCCCCC)c(C#N)c3)C=c3ccc4c5c(ccc4c3OC2)=CC(c2ccc(OCCCCCC)c(C#N)c2)(c2ccc(OCCCCCC)c(C#N)c2)CO5)cc1C#N. The number of hydrogen-bond acceptors (Lipinski definition) is 10. The molecule has 0 amide bonds. The third-order valence-corrected chi connectivity index (χ3v) is 15.3. The van der Waals surface area contributed by atoms with Gasteiger partial charge in [-0.15, -0.1) is 0 Å². The molecule has 10 nitrogen and oxygen atoms in total. The highest BCUT2D eigenvalue weighted by Gasteiger charge is 2.40. The summed E-state index contributed by atoms with van der Waals surface area (Å²) in [5, 5.41) is 45.5. The summed E-state index contributed by atoms with van der Waals surface area (Å²) >= 11 is 0. The number of benzene rings is 6. The van der Waals surface area contributed by atoms with Crippen LogP contribution in [-0.2, 0) is 10.8 Å². The summed E-state index contributed by atoms with van der Waals surface area (Å²) in [6.45, 7) is 11.2. The lowest BCUT2D eigenvalue weighted by atomic mass is 9.72. The maximum Gasteiger partial charge on any atom is 0.137 e. The van der Waals surface area contributed by atoms with Gasteiger partial charge >= 0.3 is 0 Å². The second kappa shape index (κ2) is 27.4.